The van der Waals surface area contributed by atoms with Gasteiger partial charge in [-0.3, -0.25) is 24.6 Å². The summed E-state index contributed by atoms with van der Waals surface area (Å²) in [6, 6.07) is 17.5. The van der Waals surface area contributed by atoms with Crippen LogP contribution in [0.25, 0.3) is 0 Å². The summed E-state index contributed by atoms with van der Waals surface area (Å²) in [5, 5.41) is 14.8. The van der Waals surface area contributed by atoms with Gasteiger partial charge in [0.25, 0.3) is 5.69 Å². The third-order valence-electron chi connectivity index (χ3n) is 8.88. The number of rotatable bonds is 5. The van der Waals surface area contributed by atoms with Crippen molar-refractivity contribution in [3.05, 3.63) is 93.0 Å². The van der Waals surface area contributed by atoms with Crippen molar-refractivity contribution >= 4 is 23.1 Å². The van der Waals surface area contributed by atoms with Crippen LogP contribution in [-0.4, -0.2) is 40.9 Å². The van der Waals surface area contributed by atoms with Crippen molar-refractivity contribution in [1.82, 2.24) is 4.90 Å². The number of non-ortho nitro benzene ring substituents is 1. The topological polar surface area (TPSA) is 111 Å². The number of amides is 1. The lowest BCUT2D eigenvalue weighted by atomic mass is 9.68. The van der Waals surface area contributed by atoms with Crippen molar-refractivity contribution in [1.29, 1.82) is 0 Å². The zero-order valence-corrected chi connectivity index (χ0v) is 21.4. The number of nitrogens with zero attached hydrogens (tertiary/aromatic N) is 2. The van der Waals surface area contributed by atoms with E-state index in [1.165, 1.54) is 6.07 Å². The molecule has 3 aromatic rings. The number of fused-ring (bicyclic) bond motifs is 5. The van der Waals surface area contributed by atoms with Crippen LogP contribution in [0.4, 0.5) is 11.4 Å². The maximum Gasteiger partial charge on any atom is 0.269 e. The highest BCUT2D eigenvalue weighted by Gasteiger charge is 2.69. The molecule has 0 bridgehead atoms. The van der Waals surface area contributed by atoms with Gasteiger partial charge in [0.2, 0.25) is 12.7 Å². The summed E-state index contributed by atoms with van der Waals surface area (Å²) in [4.78, 5) is 42.4. The molecular formula is C30H27N3O6. The van der Waals surface area contributed by atoms with Gasteiger partial charge in [0.15, 0.2) is 17.3 Å². The molecule has 4 aliphatic rings. The fourth-order valence-corrected chi connectivity index (χ4v) is 7.28. The molecule has 1 spiro atoms. The van der Waals surface area contributed by atoms with E-state index in [9.17, 15) is 19.7 Å². The standard InChI is InChI=1S/C30H27N3O6/c1-2-17-8-10-22-21(13-17)30(29(35)31-22)27(28(34)19-9-11-24-25(15-19)39-16-38-24)26(23-7-4-12-32(23)30)18-5-3-6-20(14-18)33(36)37/h3,5-6,8-11,13-15,23,26-27H,2,4,7,12,16H2,1H3,(H,31,35)/t23?,26?,27?,30-/m1/s1. The van der Waals surface area contributed by atoms with Gasteiger partial charge in [-0.15, -0.1) is 0 Å². The van der Waals surface area contributed by atoms with Crippen LogP contribution >= 0.6 is 0 Å². The van der Waals surface area contributed by atoms with Crippen LogP contribution in [0.5, 0.6) is 11.5 Å². The van der Waals surface area contributed by atoms with Crippen molar-refractivity contribution in [2.45, 2.75) is 43.7 Å². The Morgan fingerprint density at radius 3 is 2.79 bits per heavy atom. The molecule has 39 heavy (non-hydrogen) atoms. The van der Waals surface area contributed by atoms with Gasteiger partial charge in [-0.1, -0.05) is 31.2 Å². The zero-order valence-electron chi connectivity index (χ0n) is 21.4. The minimum Gasteiger partial charge on any atom is -0.454 e. The normalized spacial score (nSPS) is 26.5. The van der Waals surface area contributed by atoms with Gasteiger partial charge in [0.1, 0.15) is 5.54 Å². The van der Waals surface area contributed by atoms with Crippen LogP contribution < -0.4 is 14.8 Å². The molecule has 0 aliphatic carbocycles. The molecule has 9 nitrogen and oxygen atoms in total. The van der Waals surface area contributed by atoms with Crippen molar-refractivity contribution in [3.63, 3.8) is 0 Å². The number of ketones is 1. The van der Waals surface area contributed by atoms with Crippen molar-refractivity contribution < 1.29 is 24.0 Å². The van der Waals surface area contributed by atoms with E-state index >= 15 is 0 Å². The molecule has 9 heteroatoms. The zero-order chi connectivity index (χ0) is 26.9. The average Bonchev–Trinajstić information content (AvgIpc) is 3.72. The number of hydrogen-bond donors (Lipinski definition) is 1. The van der Waals surface area contributed by atoms with Crippen LogP contribution in [0.15, 0.2) is 60.7 Å². The number of anilines is 1. The van der Waals surface area contributed by atoms with E-state index in [0.29, 0.717) is 34.9 Å². The van der Waals surface area contributed by atoms with Gasteiger partial charge in [-0.2, -0.15) is 0 Å². The quantitative estimate of drug-likeness (QED) is 0.290. The van der Waals surface area contributed by atoms with Gasteiger partial charge < -0.3 is 14.8 Å². The summed E-state index contributed by atoms with van der Waals surface area (Å²) in [6.45, 7) is 2.80. The van der Waals surface area contributed by atoms with E-state index in [1.54, 1.807) is 30.3 Å². The molecule has 4 heterocycles. The monoisotopic (exact) mass is 525 g/mol. The third-order valence-corrected chi connectivity index (χ3v) is 8.88. The molecule has 0 radical (unpaired) electrons. The number of hydrogen-bond acceptors (Lipinski definition) is 7. The fraction of sp³-hybridized carbons (Fsp3) is 0.333. The molecule has 1 amide bonds. The Labute approximate surface area is 224 Å². The third kappa shape index (κ3) is 3.29. The summed E-state index contributed by atoms with van der Waals surface area (Å²) in [7, 11) is 0. The number of nitro groups is 1. The molecule has 7 rings (SSSR count). The predicted molar refractivity (Wildman–Crippen MR) is 142 cm³/mol. The lowest BCUT2D eigenvalue weighted by molar-refractivity contribution is -0.384. The van der Waals surface area contributed by atoms with Gasteiger partial charge >= 0.3 is 0 Å². The molecule has 3 unspecified atom stereocenters. The number of nitrogens with one attached hydrogen (secondary N) is 1. The van der Waals surface area contributed by atoms with Crippen LogP contribution in [-0.2, 0) is 16.8 Å². The van der Waals surface area contributed by atoms with E-state index < -0.39 is 22.3 Å². The molecule has 1 N–H and O–H groups in total. The molecule has 4 atom stereocenters. The van der Waals surface area contributed by atoms with Crippen molar-refractivity contribution in [2.24, 2.45) is 5.92 Å². The van der Waals surface area contributed by atoms with Gasteiger partial charge in [0, 0.05) is 40.9 Å². The Hall–Kier alpha value is -4.24. The molecule has 0 aromatic heterocycles. The maximum atomic E-state index is 14.7. The highest BCUT2D eigenvalue weighted by molar-refractivity contribution is 6.12. The fourth-order valence-electron chi connectivity index (χ4n) is 7.28. The Kier molecular flexibility index (Phi) is 5.28. The molecule has 0 saturated carbocycles. The first-order valence-corrected chi connectivity index (χ1v) is 13.3. The summed E-state index contributed by atoms with van der Waals surface area (Å²) in [5.74, 6) is -0.579. The molecular weight excluding hydrogens is 498 g/mol. The summed E-state index contributed by atoms with van der Waals surface area (Å²) in [5.41, 5.74) is 2.46. The predicted octanol–water partition coefficient (Wildman–Crippen LogP) is 4.79. The lowest BCUT2D eigenvalue weighted by Crippen LogP contribution is -2.52. The number of nitro benzene ring substituents is 1. The van der Waals surface area contributed by atoms with Crippen molar-refractivity contribution in [2.75, 3.05) is 18.7 Å². The van der Waals surface area contributed by atoms with E-state index in [4.69, 9.17) is 9.47 Å². The van der Waals surface area contributed by atoms with Crippen molar-refractivity contribution in [3.8, 4) is 11.5 Å². The maximum absolute atomic E-state index is 14.7. The number of benzene rings is 3. The first kappa shape index (κ1) is 23.8. The van der Waals surface area contributed by atoms with Crippen LogP contribution in [0, 0.1) is 16.0 Å². The highest BCUT2D eigenvalue weighted by Crippen LogP contribution is 2.61. The SMILES string of the molecule is CCc1ccc2c(c1)[C@]1(C(=O)N2)C(C(=O)c2ccc3c(c2)OCO3)C(c2cccc([N+](=O)[O-])c2)C2CCCN21. The van der Waals surface area contributed by atoms with E-state index in [-0.39, 0.29) is 30.2 Å². The molecule has 3 aromatic carbocycles. The largest absolute Gasteiger partial charge is 0.454 e. The Morgan fingerprint density at radius 2 is 1.97 bits per heavy atom. The average molecular weight is 526 g/mol. The Bertz CT molecular complexity index is 1550. The minimum atomic E-state index is -1.23. The number of aryl methyl sites for hydroxylation is 1. The Morgan fingerprint density at radius 1 is 1.13 bits per heavy atom. The van der Waals surface area contributed by atoms with Crippen LogP contribution in [0.1, 0.15) is 52.7 Å². The smallest absolute Gasteiger partial charge is 0.269 e. The first-order chi connectivity index (χ1) is 18.9. The Balaban J connectivity index is 1.47. The van der Waals surface area contributed by atoms with E-state index in [0.717, 1.165) is 30.4 Å². The lowest BCUT2D eigenvalue weighted by Gasteiger charge is -2.37. The number of Topliss-reactive ketones (excluding diaryl/α,β-unsaturated/α-hetero) is 1. The molecule has 4 aliphatic heterocycles. The minimum absolute atomic E-state index is 0.0307. The van der Waals surface area contributed by atoms with Gasteiger partial charge in [-0.05, 0) is 61.2 Å². The summed E-state index contributed by atoms with van der Waals surface area (Å²) in [6.07, 6.45) is 2.45. The number of carbonyl (C=O) groups excluding carboxylic acids is 2. The van der Waals surface area contributed by atoms with Gasteiger partial charge in [0.05, 0.1) is 10.8 Å². The van der Waals surface area contributed by atoms with Crippen LogP contribution in [0.2, 0.25) is 0 Å². The van der Waals surface area contributed by atoms with Gasteiger partial charge in [-0.25, -0.2) is 0 Å². The summed E-state index contributed by atoms with van der Waals surface area (Å²) < 4.78 is 11.0. The molecule has 2 fully saturated rings. The second-order valence-electron chi connectivity index (χ2n) is 10.6. The first-order valence-electron chi connectivity index (χ1n) is 13.3. The van der Waals surface area contributed by atoms with E-state index in [2.05, 4.69) is 23.2 Å². The van der Waals surface area contributed by atoms with Crippen LogP contribution in [0.3, 0.4) is 0 Å². The highest BCUT2D eigenvalue weighted by atomic mass is 16.7. The van der Waals surface area contributed by atoms with E-state index in [1.807, 2.05) is 18.2 Å². The number of carbonyl (C=O) groups is 2. The second kappa shape index (κ2) is 8.64. The molecule has 2 saturated heterocycles. The summed E-state index contributed by atoms with van der Waals surface area (Å²) >= 11 is 0. The molecule has 198 valence electrons. The number of ether oxygens (including phenoxy) is 2. The second-order valence-corrected chi connectivity index (χ2v) is 10.6.